The van der Waals surface area contributed by atoms with Crippen molar-refractivity contribution in [2.24, 2.45) is 0 Å². The average molecular weight is 205 g/mol. The molecular formula is C12H12FNO. The fourth-order valence-electron chi connectivity index (χ4n) is 2.37. The van der Waals surface area contributed by atoms with Gasteiger partial charge in [-0.15, -0.1) is 0 Å². The van der Waals surface area contributed by atoms with E-state index in [4.69, 9.17) is 0 Å². The third kappa shape index (κ3) is 1.01. The molecule has 78 valence electrons. The molecule has 1 N–H and O–H groups in total. The summed E-state index contributed by atoms with van der Waals surface area (Å²) >= 11 is 0. The van der Waals surface area contributed by atoms with Gasteiger partial charge in [-0.2, -0.15) is 0 Å². The molecule has 0 radical (unpaired) electrons. The Hall–Kier alpha value is -1.38. The van der Waals surface area contributed by atoms with Gasteiger partial charge in [-0.25, -0.2) is 4.39 Å². The Bertz CT molecular complexity index is 463. The van der Waals surface area contributed by atoms with E-state index < -0.39 is 0 Å². The summed E-state index contributed by atoms with van der Waals surface area (Å²) in [6.45, 7) is 1.93. The lowest BCUT2D eigenvalue weighted by Gasteiger charge is -2.07. The first-order valence-corrected chi connectivity index (χ1v) is 5.32. The monoisotopic (exact) mass is 205 g/mol. The van der Waals surface area contributed by atoms with Crippen LogP contribution in [-0.4, -0.2) is 5.91 Å². The standard InChI is InChI=1S/C12H12FNO/c1-2-7-5-8-10(6-9(7)13)14-11(15)12(8)3-4-12/h5-6H,2-4H2,1H3,(H,14,15). The highest BCUT2D eigenvalue weighted by molar-refractivity contribution is 6.08. The maximum Gasteiger partial charge on any atom is 0.235 e. The Morgan fingerprint density at radius 3 is 2.80 bits per heavy atom. The highest BCUT2D eigenvalue weighted by Gasteiger charge is 2.56. The van der Waals surface area contributed by atoms with Crippen LogP contribution in [0.4, 0.5) is 10.1 Å². The van der Waals surface area contributed by atoms with Crippen LogP contribution in [0.15, 0.2) is 12.1 Å². The van der Waals surface area contributed by atoms with Gasteiger partial charge in [-0.05, 0) is 42.5 Å². The normalized spacial score (nSPS) is 20.3. The predicted octanol–water partition coefficient (Wildman–Crippen LogP) is 2.37. The van der Waals surface area contributed by atoms with Gasteiger partial charge in [0.2, 0.25) is 5.91 Å². The second-order valence-corrected chi connectivity index (χ2v) is 4.38. The first kappa shape index (κ1) is 8.89. The molecule has 0 atom stereocenters. The van der Waals surface area contributed by atoms with Crippen molar-refractivity contribution >= 4 is 11.6 Å². The molecule has 1 aromatic carbocycles. The van der Waals surface area contributed by atoms with Crippen LogP contribution in [0.1, 0.15) is 30.9 Å². The zero-order valence-corrected chi connectivity index (χ0v) is 8.56. The van der Waals surface area contributed by atoms with Gasteiger partial charge in [0.15, 0.2) is 0 Å². The highest BCUT2D eigenvalue weighted by atomic mass is 19.1. The lowest BCUT2D eigenvalue weighted by atomic mass is 9.95. The van der Waals surface area contributed by atoms with E-state index >= 15 is 0 Å². The second kappa shape index (κ2) is 2.60. The smallest absolute Gasteiger partial charge is 0.235 e. The van der Waals surface area contributed by atoms with Gasteiger partial charge >= 0.3 is 0 Å². The number of carbonyl (C=O) groups is 1. The van der Waals surface area contributed by atoms with E-state index in [-0.39, 0.29) is 17.1 Å². The van der Waals surface area contributed by atoms with Gasteiger partial charge < -0.3 is 5.32 Å². The molecule has 3 rings (SSSR count). The third-order valence-corrected chi connectivity index (χ3v) is 3.52. The topological polar surface area (TPSA) is 29.1 Å². The van der Waals surface area contributed by atoms with E-state index in [9.17, 15) is 9.18 Å². The Balaban J connectivity index is 2.20. The van der Waals surface area contributed by atoms with Crippen molar-refractivity contribution in [1.29, 1.82) is 0 Å². The molecule has 2 aliphatic rings. The fraction of sp³-hybridized carbons (Fsp3) is 0.417. The first-order chi connectivity index (χ1) is 7.17. The third-order valence-electron chi connectivity index (χ3n) is 3.52. The van der Waals surface area contributed by atoms with Gasteiger partial charge in [0.05, 0.1) is 5.41 Å². The summed E-state index contributed by atoms with van der Waals surface area (Å²) in [5.74, 6) is -0.167. The van der Waals surface area contributed by atoms with Crippen molar-refractivity contribution in [3.05, 3.63) is 29.1 Å². The summed E-state index contributed by atoms with van der Waals surface area (Å²) in [4.78, 5) is 11.7. The summed E-state index contributed by atoms with van der Waals surface area (Å²) < 4.78 is 13.5. The molecule has 1 aliphatic carbocycles. The number of anilines is 1. The lowest BCUT2D eigenvalue weighted by Crippen LogP contribution is -2.18. The fourth-order valence-corrected chi connectivity index (χ4v) is 2.37. The zero-order valence-electron chi connectivity index (χ0n) is 8.56. The molecule has 0 aromatic heterocycles. The first-order valence-electron chi connectivity index (χ1n) is 5.32. The molecule has 1 heterocycles. The highest BCUT2D eigenvalue weighted by Crippen LogP contribution is 2.55. The van der Waals surface area contributed by atoms with Gasteiger partial charge in [0, 0.05) is 5.69 Å². The molecule has 1 aliphatic heterocycles. The zero-order chi connectivity index (χ0) is 10.6. The molecule has 0 saturated heterocycles. The quantitative estimate of drug-likeness (QED) is 0.749. The predicted molar refractivity (Wildman–Crippen MR) is 55.3 cm³/mol. The van der Waals surface area contributed by atoms with E-state index in [1.807, 2.05) is 13.0 Å². The van der Waals surface area contributed by atoms with Crippen LogP contribution in [0.3, 0.4) is 0 Å². The van der Waals surface area contributed by atoms with Crippen molar-refractivity contribution < 1.29 is 9.18 Å². The number of amides is 1. The van der Waals surface area contributed by atoms with Crippen molar-refractivity contribution in [2.75, 3.05) is 5.32 Å². The van der Waals surface area contributed by atoms with Crippen molar-refractivity contribution in [1.82, 2.24) is 0 Å². The number of rotatable bonds is 1. The molecule has 3 heteroatoms. The van der Waals surface area contributed by atoms with Crippen molar-refractivity contribution in [3.8, 4) is 0 Å². The molecule has 0 bridgehead atoms. The number of aryl methyl sites for hydroxylation is 1. The largest absolute Gasteiger partial charge is 0.325 e. The maximum atomic E-state index is 13.5. The average Bonchev–Trinajstić information content (AvgIpc) is 2.94. The summed E-state index contributed by atoms with van der Waals surface area (Å²) in [6, 6.07) is 3.31. The van der Waals surface area contributed by atoms with Crippen molar-refractivity contribution in [3.63, 3.8) is 0 Å². The van der Waals surface area contributed by atoms with Crippen LogP contribution < -0.4 is 5.32 Å². The van der Waals surface area contributed by atoms with Crippen LogP contribution in [0.25, 0.3) is 0 Å². The van der Waals surface area contributed by atoms with Crippen LogP contribution >= 0.6 is 0 Å². The molecule has 1 aromatic rings. The number of benzene rings is 1. The lowest BCUT2D eigenvalue weighted by molar-refractivity contribution is -0.117. The van der Waals surface area contributed by atoms with Gasteiger partial charge in [-0.3, -0.25) is 4.79 Å². The number of hydrogen-bond acceptors (Lipinski definition) is 1. The number of carbonyl (C=O) groups excluding carboxylic acids is 1. The number of hydrogen-bond donors (Lipinski definition) is 1. The Morgan fingerprint density at radius 2 is 2.20 bits per heavy atom. The number of fused-ring (bicyclic) bond motifs is 2. The van der Waals surface area contributed by atoms with E-state index in [1.54, 1.807) is 0 Å². The van der Waals surface area contributed by atoms with E-state index in [0.717, 1.165) is 18.4 Å². The van der Waals surface area contributed by atoms with Crippen LogP contribution in [-0.2, 0) is 16.6 Å². The molecule has 0 unspecified atom stereocenters. The summed E-state index contributed by atoms with van der Waals surface area (Å²) in [5.41, 5.74) is 2.09. The summed E-state index contributed by atoms with van der Waals surface area (Å²) in [5, 5.41) is 2.76. The molecule has 1 saturated carbocycles. The van der Waals surface area contributed by atoms with E-state index in [1.165, 1.54) is 6.07 Å². The van der Waals surface area contributed by atoms with E-state index in [0.29, 0.717) is 17.7 Å². The maximum absolute atomic E-state index is 13.5. The molecular weight excluding hydrogens is 193 g/mol. The number of nitrogens with one attached hydrogen (secondary N) is 1. The van der Waals surface area contributed by atoms with Crippen LogP contribution in [0.2, 0.25) is 0 Å². The number of halogens is 1. The molecule has 1 amide bonds. The molecule has 1 spiro atoms. The Morgan fingerprint density at radius 1 is 1.47 bits per heavy atom. The second-order valence-electron chi connectivity index (χ2n) is 4.38. The van der Waals surface area contributed by atoms with Gasteiger partial charge in [0.1, 0.15) is 5.82 Å². The molecule has 1 fully saturated rings. The summed E-state index contributed by atoms with van der Waals surface area (Å²) in [6.07, 6.45) is 2.48. The Kier molecular flexibility index (Phi) is 1.54. The van der Waals surface area contributed by atoms with E-state index in [2.05, 4.69) is 5.32 Å². The summed E-state index contributed by atoms with van der Waals surface area (Å²) in [7, 11) is 0. The SMILES string of the molecule is CCc1cc2c(cc1F)NC(=O)C21CC1. The minimum atomic E-state index is -0.299. The van der Waals surface area contributed by atoms with Gasteiger partial charge in [0.25, 0.3) is 0 Å². The Labute approximate surface area is 87.5 Å². The molecule has 2 nitrogen and oxygen atoms in total. The minimum absolute atomic E-state index is 0.0464. The molecule has 15 heavy (non-hydrogen) atoms. The van der Waals surface area contributed by atoms with Gasteiger partial charge in [-0.1, -0.05) is 6.92 Å². The van der Waals surface area contributed by atoms with Crippen LogP contribution in [0.5, 0.6) is 0 Å². The van der Waals surface area contributed by atoms with Crippen molar-refractivity contribution in [2.45, 2.75) is 31.6 Å². The minimum Gasteiger partial charge on any atom is -0.325 e. The van der Waals surface area contributed by atoms with Crippen LogP contribution in [0, 0.1) is 5.82 Å².